The van der Waals surface area contributed by atoms with Crippen molar-refractivity contribution >= 4 is 11.6 Å². The van der Waals surface area contributed by atoms with E-state index in [0.717, 1.165) is 46.8 Å². The van der Waals surface area contributed by atoms with Gasteiger partial charge < -0.3 is 9.47 Å². The molecule has 7 heteroatoms. The highest BCUT2D eigenvalue weighted by atomic mass is 16.5. The van der Waals surface area contributed by atoms with Gasteiger partial charge in [0.15, 0.2) is 11.5 Å². The molecule has 0 fully saturated rings. The predicted octanol–water partition coefficient (Wildman–Crippen LogP) is 5.39. The standard InChI is InChI=1S/C32H36N4O3/c1-22-11-13-27(17-23(22)2)35-20-34(16-15-26-12-14-29(38-4)30(19-26)39-5)21-36-31(37)28(24(3)33-32(35)36)18-25-9-7-6-8-10-25/h6-14,17,19H,15-16,18,20-21H2,1-5H3. The first kappa shape index (κ1) is 26.5. The molecule has 0 bridgehead atoms. The quantitative estimate of drug-likeness (QED) is 0.308. The second-order valence-corrected chi connectivity index (χ2v) is 10.2. The van der Waals surface area contributed by atoms with Gasteiger partial charge in [0.1, 0.15) is 0 Å². The smallest absolute Gasteiger partial charge is 0.259 e. The van der Waals surface area contributed by atoms with Crippen LogP contribution in [0.25, 0.3) is 0 Å². The minimum atomic E-state index is 0.0194. The number of nitrogens with zero attached hydrogens (tertiary/aromatic N) is 4. The van der Waals surface area contributed by atoms with Crippen LogP contribution < -0.4 is 19.9 Å². The Morgan fingerprint density at radius 3 is 2.31 bits per heavy atom. The molecular weight excluding hydrogens is 488 g/mol. The number of aromatic nitrogens is 2. The molecule has 0 atom stereocenters. The Morgan fingerprint density at radius 2 is 1.59 bits per heavy atom. The van der Waals surface area contributed by atoms with Gasteiger partial charge in [0.25, 0.3) is 5.56 Å². The number of fused-ring (bicyclic) bond motifs is 1. The number of ether oxygens (including phenoxy) is 2. The molecule has 4 aromatic rings. The second-order valence-electron chi connectivity index (χ2n) is 10.2. The van der Waals surface area contributed by atoms with Crippen molar-refractivity contribution in [3.05, 3.63) is 111 Å². The maximum atomic E-state index is 13.9. The molecular formula is C32H36N4O3. The summed E-state index contributed by atoms with van der Waals surface area (Å²) in [6.07, 6.45) is 1.37. The van der Waals surface area contributed by atoms with Crippen LogP contribution in [0.3, 0.4) is 0 Å². The van der Waals surface area contributed by atoms with E-state index in [1.54, 1.807) is 14.2 Å². The summed E-state index contributed by atoms with van der Waals surface area (Å²) in [4.78, 5) is 23.4. The van der Waals surface area contributed by atoms with Crippen LogP contribution in [0.5, 0.6) is 11.5 Å². The van der Waals surface area contributed by atoms with Crippen molar-refractivity contribution in [3.63, 3.8) is 0 Å². The third-order valence-electron chi connectivity index (χ3n) is 7.56. The summed E-state index contributed by atoms with van der Waals surface area (Å²) in [6, 6.07) is 22.6. The van der Waals surface area contributed by atoms with Gasteiger partial charge in [-0.1, -0.05) is 42.5 Å². The van der Waals surface area contributed by atoms with Crippen molar-refractivity contribution in [1.29, 1.82) is 0 Å². The van der Waals surface area contributed by atoms with Crippen LogP contribution in [0.15, 0.2) is 71.5 Å². The number of hydrogen-bond donors (Lipinski definition) is 0. The average molecular weight is 525 g/mol. The molecule has 39 heavy (non-hydrogen) atoms. The normalized spacial score (nSPS) is 13.3. The lowest BCUT2D eigenvalue weighted by molar-refractivity contribution is 0.200. The maximum absolute atomic E-state index is 13.9. The molecule has 5 rings (SSSR count). The first-order valence-corrected chi connectivity index (χ1v) is 13.3. The van der Waals surface area contributed by atoms with Crippen LogP contribution >= 0.6 is 0 Å². The fourth-order valence-electron chi connectivity index (χ4n) is 5.09. The molecule has 3 aromatic carbocycles. The van der Waals surface area contributed by atoms with Crippen LogP contribution in [-0.4, -0.2) is 41.9 Å². The molecule has 0 unspecified atom stereocenters. The first-order chi connectivity index (χ1) is 18.9. The van der Waals surface area contributed by atoms with Gasteiger partial charge in [-0.2, -0.15) is 0 Å². The topological polar surface area (TPSA) is 59.8 Å². The van der Waals surface area contributed by atoms with E-state index in [2.05, 4.69) is 60.0 Å². The number of benzene rings is 3. The van der Waals surface area contributed by atoms with Gasteiger partial charge in [0.2, 0.25) is 5.95 Å². The van der Waals surface area contributed by atoms with Gasteiger partial charge >= 0.3 is 0 Å². The Morgan fingerprint density at radius 1 is 0.821 bits per heavy atom. The van der Waals surface area contributed by atoms with E-state index in [1.165, 1.54) is 11.1 Å². The zero-order chi connectivity index (χ0) is 27.5. The Kier molecular flexibility index (Phi) is 7.70. The van der Waals surface area contributed by atoms with Crippen LogP contribution in [0, 0.1) is 20.8 Å². The van der Waals surface area contributed by atoms with E-state index in [1.807, 2.05) is 41.8 Å². The summed E-state index contributed by atoms with van der Waals surface area (Å²) in [6.45, 7) is 8.07. The third kappa shape index (κ3) is 5.54. The summed E-state index contributed by atoms with van der Waals surface area (Å²) >= 11 is 0. The zero-order valence-electron chi connectivity index (χ0n) is 23.4. The fourth-order valence-corrected chi connectivity index (χ4v) is 5.09. The number of aryl methyl sites for hydroxylation is 3. The van der Waals surface area contributed by atoms with E-state index >= 15 is 0 Å². The summed E-state index contributed by atoms with van der Waals surface area (Å²) in [5, 5.41) is 0. The molecule has 202 valence electrons. The summed E-state index contributed by atoms with van der Waals surface area (Å²) in [5.74, 6) is 2.13. The molecule has 1 aliphatic heterocycles. The molecule has 0 radical (unpaired) electrons. The molecule has 0 aliphatic carbocycles. The number of hydrogen-bond acceptors (Lipinski definition) is 6. The van der Waals surface area contributed by atoms with E-state index in [0.29, 0.717) is 31.5 Å². The molecule has 0 saturated carbocycles. The molecule has 2 heterocycles. The van der Waals surface area contributed by atoms with Crippen molar-refractivity contribution < 1.29 is 9.47 Å². The summed E-state index contributed by atoms with van der Waals surface area (Å²) in [7, 11) is 3.29. The van der Waals surface area contributed by atoms with Gasteiger partial charge in [-0.15, -0.1) is 0 Å². The summed E-state index contributed by atoms with van der Waals surface area (Å²) in [5.41, 5.74) is 7.27. The first-order valence-electron chi connectivity index (χ1n) is 13.3. The monoisotopic (exact) mass is 524 g/mol. The lowest BCUT2D eigenvalue weighted by atomic mass is 10.0. The van der Waals surface area contributed by atoms with E-state index in [4.69, 9.17) is 14.5 Å². The second kappa shape index (κ2) is 11.3. The van der Waals surface area contributed by atoms with Gasteiger partial charge in [-0.3, -0.25) is 19.2 Å². The molecule has 7 nitrogen and oxygen atoms in total. The minimum Gasteiger partial charge on any atom is -0.493 e. The van der Waals surface area contributed by atoms with Gasteiger partial charge in [0.05, 0.1) is 33.3 Å². The fraction of sp³-hybridized carbons (Fsp3) is 0.312. The molecule has 0 spiro atoms. The highest BCUT2D eigenvalue weighted by Gasteiger charge is 2.28. The van der Waals surface area contributed by atoms with Crippen molar-refractivity contribution in [2.75, 3.05) is 32.3 Å². The molecule has 1 aromatic heterocycles. The number of rotatable bonds is 8. The molecule has 1 aliphatic rings. The number of anilines is 2. The Bertz CT molecular complexity index is 1530. The van der Waals surface area contributed by atoms with Gasteiger partial charge in [-0.05, 0) is 73.7 Å². The average Bonchev–Trinajstić information content (AvgIpc) is 2.96. The molecule has 0 saturated heterocycles. The Balaban J connectivity index is 1.50. The zero-order valence-corrected chi connectivity index (χ0v) is 23.4. The van der Waals surface area contributed by atoms with Gasteiger partial charge in [0, 0.05) is 24.2 Å². The molecule has 0 amide bonds. The lowest BCUT2D eigenvalue weighted by Crippen LogP contribution is -2.48. The van der Waals surface area contributed by atoms with Crippen LogP contribution in [0.2, 0.25) is 0 Å². The lowest BCUT2D eigenvalue weighted by Gasteiger charge is -2.38. The highest BCUT2D eigenvalue weighted by Crippen LogP contribution is 2.31. The van der Waals surface area contributed by atoms with E-state index in [9.17, 15) is 4.79 Å². The Hall–Kier alpha value is -4.10. The van der Waals surface area contributed by atoms with Crippen molar-refractivity contribution in [1.82, 2.24) is 14.5 Å². The Labute approximate surface area is 230 Å². The minimum absolute atomic E-state index is 0.0194. The van der Waals surface area contributed by atoms with Gasteiger partial charge in [-0.25, -0.2) is 4.98 Å². The van der Waals surface area contributed by atoms with Crippen LogP contribution in [0.1, 0.15) is 33.5 Å². The predicted molar refractivity (Wildman–Crippen MR) is 155 cm³/mol. The highest BCUT2D eigenvalue weighted by molar-refractivity contribution is 5.60. The summed E-state index contributed by atoms with van der Waals surface area (Å²) < 4.78 is 12.7. The largest absolute Gasteiger partial charge is 0.493 e. The maximum Gasteiger partial charge on any atom is 0.259 e. The van der Waals surface area contributed by atoms with Crippen molar-refractivity contribution in [2.24, 2.45) is 0 Å². The van der Waals surface area contributed by atoms with Crippen LogP contribution in [0.4, 0.5) is 11.6 Å². The SMILES string of the molecule is COc1ccc(CCN2CN(c3ccc(C)c(C)c3)c3nc(C)c(Cc4ccccc4)c(=O)n3C2)cc1OC. The van der Waals surface area contributed by atoms with Crippen LogP contribution in [-0.2, 0) is 19.5 Å². The number of methoxy groups -OCH3 is 2. The van der Waals surface area contributed by atoms with Crippen molar-refractivity contribution in [3.8, 4) is 11.5 Å². The molecule has 0 N–H and O–H groups in total. The van der Waals surface area contributed by atoms with E-state index in [-0.39, 0.29) is 5.56 Å². The van der Waals surface area contributed by atoms with Crippen molar-refractivity contribution in [2.45, 2.75) is 40.3 Å². The van der Waals surface area contributed by atoms with E-state index < -0.39 is 0 Å². The third-order valence-corrected chi connectivity index (χ3v) is 7.56.